The van der Waals surface area contributed by atoms with Crippen molar-refractivity contribution in [3.05, 3.63) is 57.8 Å². The third-order valence-electron chi connectivity index (χ3n) is 4.37. The second-order valence-electron chi connectivity index (χ2n) is 5.84. The second kappa shape index (κ2) is 7.67. The lowest BCUT2D eigenvalue weighted by Crippen LogP contribution is -2.38. The van der Waals surface area contributed by atoms with E-state index in [-0.39, 0.29) is 11.9 Å². The summed E-state index contributed by atoms with van der Waals surface area (Å²) in [7, 11) is 0. The molecule has 1 amide bonds. The Hall–Kier alpha value is -2.07. The summed E-state index contributed by atoms with van der Waals surface area (Å²) < 4.78 is 5.44. The molecule has 0 bridgehead atoms. The minimum atomic E-state index is 0.0904. The molecule has 1 unspecified atom stereocenters. The van der Waals surface area contributed by atoms with Gasteiger partial charge in [0.1, 0.15) is 5.75 Å². The number of nitrogens with zero attached hydrogens (tertiary/aromatic N) is 1. The second-order valence-corrected chi connectivity index (χ2v) is 6.84. The molecule has 1 aliphatic rings. The fourth-order valence-corrected chi connectivity index (χ4v) is 4.13. The van der Waals surface area contributed by atoms with Crippen LogP contribution in [-0.4, -0.2) is 24.0 Å². The molecule has 1 aromatic heterocycles. The number of thiophene rings is 1. The third kappa shape index (κ3) is 3.54. The van der Waals surface area contributed by atoms with Crippen molar-refractivity contribution in [2.45, 2.75) is 32.7 Å². The van der Waals surface area contributed by atoms with Crippen LogP contribution in [-0.2, 0) is 11.2 Å². The molecule has 0 fully saturated rings. The third-order valence-corrected chi connectivity index (χ3v) is 5.37. The maximum atomic E-state index is 12.7. The van der Waals surface area contributed by atoms with Crippen LogP contribution in [0.4, 0.5) is 0 Å². The van der Waals surface area contributed by atoms with Crippen LogP contribution in [0, 0.1) is 0 Å². The number of benzene rings is 1. The smallest absolute Gasteiger partial charge is 0.247 e. The molecule has 3 rings (SSSR count). The van der Waals surface area contributed by atoms with Crippen molar-refractivity contribution < 1.29 is 9.53 Å². The lowest BCUT2D eigenvalue weighted by atomic mass is 9.97. The minimum absolute atomic E-state index is 0.0904. The SMILES string of the molecule is CCOc1ccc(/C=C/C(=O)N2CCc3sccc3C2CC)cc1. The molecule has 0 spiro atoms. The summed E-state index contributed by atoms with van der Waals surface area (Å²) in [6, 6.07) is 10.2. The summed E-state index contributed by atoms with van der Waals surface area (Å²) in [5.41, 5.74) is 2.34. The van der Waals surface area contributed by atoms with E-state index in [4.69, 9.17) is 4.74 Å². The van der Waals surface area contributed by atoms with Crippen molar-refractivity contribution in [3.8, 4) is 5.75 Å². The molecule has 24 heavy (non-hydrogen) atoms. The predicted octanol–water partition coefficient (Wildman–Crippen LogP) is 4.70. The first-order valence-electron chi connectivity index (χ1n) is 8.50. The number of amides is 1. The van der Waals surface area contributed by atoms with E-state index in [9.17, 15) is 4.79 Å². The average Bonchev–Trinajstić information content (AvgIpc) is 3.09. The molecule has 0 radical (unpaired) electrons. The van der Waals surface area contributed by atoms with Gasteiger partial charge in [0.25, 0.3) is 0 Å². The number of carbonyl (C=O) groups excluding carboxylic acids is 1. The Labute approximate surface area is 147 Å². The van der Waals surface area contributed by atoms with Crippen LogP contribution in [0.25, 0.3) is 6.08 Å². The highest BCUT2D eigenvalue weighted by molar-refractivity contribution is 7.10. The number of fused-ring (bicyclic) bond motifs is 1. The van der Waals surface area contributed by atoms with Gasteiger partial charge in [0.15, 0.2) is 0 Å². The fourth-order valence-electron chi connectivity index (χ4n) is 3.21. The molecular weight excluding hydrogens is 318 g/mol. The van der Waals surface area contributed by atoms with Gasteiger partial charge in [-0.05, 0) is 60.5 Å². The molecule has 1 aliphatic heterocycles. The van der Waals surface area contributed by atoms with Gasteiger partial charge in [-0.15, -0.1) is 11.3 Å². The van der Waals surface area contributed by atoms with Crippen LogP contribution in [0.2, 0.25) is 0 Å². The molecule has 0 aliphatic carbocycles. The van der Waals surface area contributed by atoms with Gasteiger partial charge in [-0.25, -0.2) is 0 Å². The molecular formula is C20H23NO2S. The van der Waals surface area contributed by atoms with Gasteiger partial charge < -0.3 is 9.64 Å². The fraction of sp³-hybridized carbons (Fsp3) is 0.350. The Kier molecular flexibility index (Phi) is 5.36. The average molecular weight is 341 g/mol. The Morgan fingerprint density at radius 1 is 1.29 bits per heavy atom. The Bertz CT molecular complexity index is 717. The summed E-state index contributed by atoms with van der Waals surface area (Å²) in [5.74, 6) is 0.945. The number of carbonyl (C=O) groups is 1. The lowest BCUT2D eigenvalue weighted by molar-refractivity contribution is -0.128. The van der Waals surface area contributed by atoms with E-state index in [1.165, 1.54) is 10.4 Å². The molecule has 2 heterocycles. The topological polar surface area (TPSA) is 29.5 Å². The standard InChI is InChI=1S/C20H23NO2S/c1-3-18-17-12-14-24-19(17)11-13-21(18)20(22)10-7-15-5-8-16(9-6-15)23-4-2/h5-10,12,14,18H,3-4,11,13H2,1-2H3/b10-7+. The highest BCUT2D eigenvalue weighted by Crippen LogP contribution is 2.35. The van der Waals surface area contributed by atoms with E-state index >= 15 is 0 Å². The normalized spacial score (nSPS) is 17.1. The largest absolute Gasteiger partial charge is 0.494 e. The number of rotatable bonds is 5. The molecule has 1 aromatic carbocycles. The van der Waals surface area contributed by atoms with Crippen LogP contribution in [0.5, 0.6) is 5.75 Å². The van der Waals surface area contributed by atoms with E-state index in [0.29, 0.717) is 6.61 Å². The summed E-state index contributed by atoms with van der Waals surface area (Å²) in [5, 5.41) is 2.14. The molecule has 0 saturated carbocycles. The van der Waals surface area contributed by atoms with Gasteiger partial charge in [0, 0.05) is 17.5 Å². The van der Waals surface area contributed by atoms with Gasteiger partial charge in [0.2, 0.25) is 5.91 Å². The Balaban J connectivity index is 1.70. The van der Waals surface area contributed by atoms with E-state index < -0.39 is 0 Å². The first kappa shape index (κ1) is 16.8. The van der Waals surface area contributed by atoms with Crippen LogP contribution in [0.1, 0.15) is 42.3 Å². The van der Waals surface area contributed by atoms with Gasteiger partial charge >= 0.3 is 0 Å². The van der Waals surface area contributed by atoms with Crippen molar-refractivity contribution in [3.63, 3.8) is 0 Å². The van der Waals surface area contributed by atoms with Crippen molar-refractivity contribution in [1.29, 1.82) is 0 Å². The van der Waals surface area contributed by atoms with E-state index in [0.717, 1.165) is 30.7 Å². The molecule has 0 saturated heterocycles. The highest BCUT2D eigenvalue weighted by Gasteiger charge is 2.29. The van der Waals surface area contributed by atoms with Gasteiger partial charge in [0.05, 0.1) is 12.6 Å². The van der Waals surface area contributed by atoms with Crippen LogP contribution in [0.3, 0.4) is 0 Å². The first-order chi connectivity index (χ1) is 11.7. The number of ether oxygens (including phenoxy) is 1. The summed E-state index contributed by atoms with van der Waals surface area (Å²) >= 11 is 1.81. The van der Waals surface area contributed by atoms with Crippen LogP contribution < -0.4 is 4.74 Å². The first-order valence-corrected chi connectivity index (χ1v) is 9.38. The number of hydrogen-bond donors (Lipinski definition) is 0. The molecule has 2 aromatic rings. The zero-order valence-electron chi connectivity index (χ0n) is 14.2. The van der Waals surface area contributed by atoms with E-state index in [1.807, 2.05) is 42.2 Å². The molecule has 1 atom stereocenters. The highest BCUT2D eigenvalue weighted by atomic mass is 32.1. The van der Waals surface area contributed by atoms with Gasteiger partial charge in [-0.2, -0.15) is 0 Å². The maximum Gasteiger partial charge on any atom is 0.247 e. The van der Waals surface area contributed by atoms with Crippen molar-refractivity contribution in [1.82, 2.24) is 4.90 Å². The van der Waals surface area contributed by atoms with E-state index in [2.05, 4.69) is 18.4 Å². The molecule has 0 N–H and O–H groups in total. The maximum absolute atomic E-state index is 12.7. The number of hydrogen-bond acceptors (Lipinski definition) is 3. The van der Waals surface area contributed by atoms with Crippen molar-refractivity contribution in [2.24, 2.45) is 0 Å². The summed E-state index contributed by atoms with van der Waals surface area (Å²) in [6.07, 6.45) is 5.49. The van der Waals surface area contributed by atoms with E-state index in [1.54, 1.807) is 17.4 Å². The zero-order chi connectivity index (χ0) is 16.9. The van der Waals surface area contributed by atoms with Crippen molar-refractivity contribution >= 4 is 23.3 Å². The minimum Gasteiger partial charge on any atom is -0.494 e. The van der Waals surface area contributed by atoms with Crippen LogP contribution >= 0.6 is 11.3 Å². The molecule has 126 valence electrons. The lowest BCUT2D eigenvalue weighted by Gasteiger charge is -2.34. The van der Waals surface area contributed by atoms with Crippen molar-refractivity contribution in [2.75, 3.05) is 13.2 Å². The summed E-state index contributed by atoms with van der Waals surface area (Å²) in [4.78, 5) is 16.1. The molecule has 3 nitrogen and oxygen atoms in total. The zero-order valence-corrected chi connectivity index (χ0v) is 15.0. The predicted molar refractivity (Wildman–Crippen MR) is 99.4 cm³/mol. The monoisotopic (exact) mass is 341 g/mol. The Morgan fingerprint density at radius 2 is 2.08 bits per heavy atom. The quantitative estimate of drug-likeness (QED) is 0.738. The summed E-state index contributed by atoms with van der Waals surface area (Å²) in [6.45, 7) is 5.58. The van der Waals surface area contributed by atoms with Crippen LogP contribution in [0.15, 0.2) is 41.8 Å². The Morgan fingerprint density at radius 3 is 2.79 bits per heavy atom. The molecule has 4 heteroatoms. The van der Waals surface area contributed by atoms with Gasteiger partial charge in [-0.3, -0.25) is 4.79 Å². The van der Waals surface area contributed by atoms with Gasteiger partial charge in [-0.1, -0.05) is 19.1 Å².